The number of hydrogen-bond acceptors (Lipinski definition) is 5. The van der Waals surface area contributed by atoms with Crippen molar-refractivity contribution in [1.82, 2.24) is 0 Å². The minimum atomic E-state index is -0.391. The molecule has 6 heteroatoms. The standard InChI is InChI=1S/C20H19NO5/c1-4-25-20(23)14-8-9-15(12(2)10-14)21-19(22)17-11-13-6-5-7-16(24-3)18(13)26-17/h5-11H,4H2,1-3H3,(H,21,22). The molecule has 1 amide bonds. The van der Waals surface area contributed by atoms with E-state index in [0.29, 0.717) is 29.2 Å². The molecule has 0 aliphatic heterocycles. The van der Waals surface area contributed by atoms with Crippen LogP contribution in [0.2, 0.25) is 0 Å². The molecule has 1 heterocycles. The van der Waals surface area contributed by atoms with Crippen LogP contribution in [0.25, 0.3) is 11.0 Å². The van der Waals surface area contributed by atoms with Crippen molar-refractivity contribution >= 4 is 28.5 Å². The predicted molar refractivity (Wildman–Crippen MR) is 97.9 cm³/mol. The Morgan fingerprint density at radius 1 is 1.15 bits per heavy atom. The predicted octanol–water partition coefficient (Wildman–Crippen LogP) is 4.18. The molecule has 0 saturated carbocycles. The highest BCUT2D eigenvalue weighted by Crippen LogP contribution is 2.29. The van der Waals surface area contributed by atoms with E-state index in [9.17, 15) is 9.59 Å². The Bertz CT molecular complexity index is 973. The number of carbonyl (C=O) groups excluding carboxylic acids is 2. The van der Waals surface area contributed by atoms with E-state index in [1.165, 1.54) is 0 Å². The number of esters is 1. The Balaban J connectivity index is 1.83. The van der Waals surface area contributed by atoms with Crippen molar-refractivity contribution in [2.75, 3.05) is 19.0 Å². The topological polar surface area (TPSA) is 77.8 Å². The lowest BCUT2D eigenvalue weighted by Gasteiger charge is -2.09. The molecule has 0 spiro atoms. The third-order valence-corrected chi connectivity index (χ3v) is 3.94. The van der Waals surface area contributed by atoms with Crippen LogP contribution in [-0.4, -0.2) is 25.6 Å². The maximum Gasteiger partial charge on any atom is 0.338 e. The highest BCUT2D eigenvalue weighted by atomic mass is 16.5. The van der Waals surface area contributed by atoms with Crippen LogP contribution < -0.4 is 10.1 Å². The Morgan fingerprint density at radius 3 is 2.65 bits per heavy atom. The van der Waals surface area contributed by atoms with Crippen LogP contribution in [0.1, 0.15) is 33.4 Å². The minimum absolute atomic E-state index is 0.179. The molecule has 26 heavy (non-hydrogen) atoms. The summed E-state index contributed by atoms with van der Waals surface area (Å²) in [5.41, 5.74) is 2.30. The fourth-order valence-corrected chi connectivity index (χ4v) is 2.64. The fraction of sp³-hybridized carbons (Fsp3) is 0.200. The Morgan fingerprint density at radius 2 is 1.96 bits per heavy atom. The number of para-hydroxylation sites is 1. The molecule has 3 rings (SSSR count). The van der Waals surface area contributed by atoms with E-state index in [4.69, 9.17) is 13.9 Å². The number of aryl methyl sites for hydroxylation is 1. The number of benzene rings is 2. The van der Waals surface area contributed by atoms with Crippen molar-refractivity contribution in [3.8, 4) is 5.75 Å². The molecule has 0 aliphatic carbocycles. The number of methoxy groups -OCH3 is 1. The zero-order valence-corrected chi connectivity index (χ0v) is 14.8. The first kappa shape index (κ1) is 17.5. The van der Waals surface area contributed by atoms with Gasteiger partial charge in [-0.15, -0.1) is 0 Å². The third-order valence-electron chi connectivity index (χ3n) is 3.94. The number of ether oxygens (including phenoxy) is 2. The molecule has 6 nitrogen and oxygen atoms in total. The number of amides is 1. The maximum atomic E-state index is 12.5. The second kappa shape index (κ2) is 7.31. The molecule has 0 atom stereocenters. The molecular weight excluding hydrogens is 334 g/mol. The SMILES string of the molecule is CCOC(=O)c1ccc(NC(=O)c2cc3cccc(OC)c3o2)c(C)c1. The highest BCUT2D eigenvalue weighted by Gasteiger charge is 2.16. The molecule has 134 valence electrons. The van der Waals surface area contributed by atoms with Crippen molar-refractivity contribution in [3.63, 3.8) is 0 Å². The molecule has 0 fully saturated rings. The Labute approximate surface area is 150 Å². The van der Waals surface area contributed by atoms with E-state index in [1.807, 2.05) is 12.1 Å². The lowest BCUT2D eigenvalue weighted by molar-refractivity contribution is 0.0526. The number of furan rings is 1. The van der Waals surface area contributed by atoms with Crippen LogP contribution in [0.4, 0.5) is 5.69 Å². The Kier molecular flexibility index (Phi) is 4.93. The van der Waals surface area contributed by atoms with Gasteiger partial charge in [0.2, 0.25) is 0 Å². The summed E-state index contributed by atoms with van der Waals surface area (Å²) in [6.07, 6.45) is 0. The van der Waals surface area contributed by atoms with Crippen LogP contribution in [-0.2, 0) is 4.74 Å². The third kappa shape index (κ3) is 3.39. The number of carbonyl (C=O) groups is 2. The van der Waals surface area contributed by atoms with Gasteiger partial charge in [0.25, 0.3) is 5.91 Å². The molecule has 0 bridgehead atoms. The summed E-state index contributed by atoms with van der Waals surface area (Å²) in [4.78, 5) is 24.3. The first-order valence-electron chi connectivity index (χ1n) is 8.19. The lowest BCUT2D eigenvalue weighted by Crippen LogP contribution is -2.12. The van der Waals surface area contributed by atoms with Crippen LogP contribution in [0.5, 0.6) is 5.75 Å². The van der Waals surface area contributed by atoms with E-state index in [-0.39, 0.29) is 11.7 Å². The summed E-state index contributed by atoms with van der Waals surface area (Å²) in [6, 6.07) is 12.1. The summed E-state index contributed by atoms with van der Waals surface area (Å²) < 4.78 is 15.9. The first-order chi connectivity index (χ1) is 12.5. The largest absolute Gasteiger partial charge is 0.493 e. The molecule has 0 aliphatic rings. The lowest BCUT2D eigenvalue weighted by atomic mass is 10.1. The highest BCUT2D eigenvalue weighted by molar-refractivity contribution is 6.05. The number of nitrogens with one attached hydrogen (secondary N) is 1. The van der Waals surface area contributed by atoms with Crippen molar-refractivity contribution in [3.05, 3.63) is 59.4 Å². The van der Waals surface area contributed by atoms with Crippen molar-refractivity contribution in [2.45, 2.75) is 13.8 Å². The summed E-state index contributed by atoms with van der Waals surface area (Å²) >= 11 is 0. The second-order valence-corrected chi connectivity index (χ2v) is 5.69. The van der Waals surface area contributed by atoms with Gasteiger partial charge in [0, 0.05) is 11.1 Å². The van der Waals surface area contributed by atoms with Gasteiger partial charge in [-0.05, 0) is 49.7 Å². The van der Waals surface area contributed by atoms with Crippen LogP contribution in [0.3, 0.4) is 0 Å². The van der Waals surface area contributed by atoms with Crippen molar-refractivity contribution < 1.29 is 23.5 Å². The molecule has 1 N–H and O–H groups in total. The van der Waals surface area contributed by atoms with Gasteiger partial charge in [-0.25, -0.2) is 4.79 Å². The van der Waals surface area contributed by atoms with Gasteiger partial charge in [0.15, 0.2) is 17.1 Å². The van der Waals surface area contributed by atoms with Crippen LogP contribution in [0, 0.1) is 6.92 Å². The zero-order chi connectivity index (χ0) is 18.7. The summed E-state index contributed by atoms with van der Waals surface area (Å²) in [6.45, 7) is 3.87. The van der Waals surface area contributed by atoms with Gasteiger partial charge < -0.3 is 19.2 Å². The average Bonchev–Trinajstić information content (AvgIpc) is 3.08. The smallest absolute Gasteiger partial charge is 0.338 e. The van der Waals surface area contributed by atoms with Crippen molar-refractivity contribution in [1.29, 1.82) is 0 Å². The quantitative estimate of drug-likeness (QED) is 0.696. The van der Waals surface area contributed by atoms with Gasteiger partial charge >= 0.3 is 5.97 Å². The summed E-state index contributed by atoms with van der Waals surface area (Å²) in [7, 11) is 1.55. The molecule has 2 aromatic carbocycles. The summed E-state index contributed by atoms with van der Waals surface area (Å²) in [5, 5.41) is 3.58. The van der Waals surface area contributed by atoms with E-state index >= 15 is 0 Å². The van der Waals surface area contributed by atoms with E-state index in [0.717, 1.165) is 10.9 Å². The van der Waals surface area contributed by atoms with Gasteiger partial charge in [0.1, 0.15) is 0 Å². The van der Waals surface area contributed by atoms with E-state index < -0.39 is 5.97 Å². The van der Waals surface area contributed by atoms with Crippen LogP contribution >= 0.6 is 0 Å². The zero-order valence-electron chi connectivity index (χ0n) is 14.8. The minimum Gasteiger partial charge on any atom is -0.493 e. The number of rotatable bonds is 5. The number of anilines is 1. The number of hydrogen-bond donors (Lipinski definition) is 1. The van der Waals surface area contributed by atoms with Gasteiger partial charge in [-0.1, -0.05) is 12.1 Å². The van der Waals surface area contributed by atoms with Gasteiger partial charge in [-0.2, -0.15) is 0 Å². The molecule has 3 aromatic rings. The van der Waals surface area contributed by atoms with Crippen LogP contribution in [0.15, 0.2) is 46.9 Å². The molecule has 1 aromatic heterocycles. The van der Waals surface area contributed by atoms with E-state index in [1.54, 1.807) is 51.3 Å². The normalized spacial score (nSPS) is 10.6. The first-order valence-corrected chi connectivity index (χ1v) is 8.19. The molecule has 0 saturated heterocycles. The number of fused-ring (bicyclic) bond motifs is 1. The van der Waals surface area contributed by atoms with Gasteiger partial charge in [0.05, 0.1) is 19.3 Å². The summed E-state index contributed by atoms with van der Waals surface area (Å²) in [5.74, 6) is -0.0250. The van der Waals surface area contributed by atoms with E-state index in [2.05, 4.69) is 5.32 Å². The maximum absolute atomic E-state index is 12.5. The fourth-order valence-electron chi connectivity index (χ4n) is 2.64. The van der Waals surface area contributed by atoms with Crippen molar-refractivity contribution in [2.24, 2.45) is 0 Å². The van der Waals surface area contributed by atoms with Gasteiger partial charge in [-0.3, -0.25) is 4.79 Å². The second-order valence-electron chi connectivity index (χ2n) is 5.69. The average molecular weight is 353 g/mol. The monoisotopic (exact) mass is 353 g/mol. The Hall–Kier alpha value is -3.28. The molecular formula is C20H19NO5. The molecule has 0 radical (unpaired) electrons. The molecule has 0 unspecified atom stereocenters.